The lowest BCUT2D eigenvalue weighted by Crippen LogP contribution is -2.18. The predicted octanol–water partition coefficient (Wildman–Crippen LogP) is 2.37. The lowest BCUT2D eigenvalue weighted by molar-refractivity contribution is -0.394. The van der Waals surface area contributed by atoms with Crippen molar-refractivity contribution >= 4 is 23.5 Å². The average molecular weight is 374 g/mol. The summed E-state index contributed by atoms with van der Waals surface area (Å²) in [5.41, 5.74) is 1.18. The van der Waals surface area contributed by atoms with Crippen molar-refractivity contribution in [3.05, 3.63) is 67.8 Å². The van der Waals surface area contributed by atoms with E-state index in [1.165, 1.54) is 24.4 Å². The molecule has 0 fully saturated rings. The van der Waals surface area contributed by atoms with Crippen LogP contribution in [-0.4, -0.2) is 33.7 Å². The molecule has 0 aromatic heterocycles. The van der Waals surface area contributed by atoms with Gasteiger partial charge >= 0.3 is 0 Å². The molecular weight excluding hydrogens is 360 g/mol. The van der Waals surface area contributed by atoms with Gasteiger partial charge in [-0.2, -0.15) is 5.10 Å². The number of phenols is 1. The summed E-state index contributed by atoms with van der Waals surface area (Å²) in [5, 5.41) is 35.0. The number of carbonyl (C=O) groups excluding carboxylic acids is 1. The number of non-ortho nitro benzene ring substituents is 2. The molecule has 0 spiro atoms. The maximum atomic E-state index is 12.1. The highest BCUT2D eigenvalue weighted by Gasteiger charge is 2.19. The zero-order chi connectivity index (χ0) is 20.0. The Kier molecular flexibility index (Phi) is 5.99. The van der Waals surface area contributed by atoms with E-state index in [0.29, 0.717) is 12.2 Å². The summed E-state index contributed by atoms with van der Waals surface area (Å²) in [5.74, 6) is -0.675. The van der Waals surface area contributed by atoms with Crippen LogP contribution in [0.2, 0.25) is 0 Å². The fraction of sp³-hybridized carbons (Fsp3) is 0.125. The summed E-state index contributed by atoms with van der Waals surface area (Å²) in [6.07, 6.45) is 1.26. The van der Waals surface area contributed by atoms with Crippen LogP contribution in [0.25, 0.3) is 0 Å². The van der Waals surface area contributed by atoms with Crippen LogP contribution in [-0.2, 0) is 0 Å². The summed E-state index contributed by atoms with van der Waals surface area (Å²) in [4.78, 5) is 32.1. The Morgan fingerprint density at radius 3 is 2.37 bits per heavy atom. The minimum atomic E-state index is -0.859. The predicted molar refractivity (Wildman–Crippen MR) is 94.1 cm³/mol. The molecule has 27 heavy (non-hydrogen) atoms. The van der Waals surface area contributed by atoms with Crippen LogP contribution in [0, 0.1) is 20.2 Å². The Hall–Kier alpha value is -4.02. The summed E-state index contributed by atoms with van der Waals surface area (Å²) < 4.78 is 5.22. The van der Waals surface area contributed by atoms with Crippen molar-refractivity contribution in [3.63, 3.8) is 0 Å². The normalized spacial score (nSPS) is 10.6. The molecular formula is C16H14N4O7. The van der Waals surface area contributed by atoms with Gasteiger partial charge in [-0.1, -0.05) is 0 Å². The topological polar surface area (TPSA) is 157 Å². The maximum Gasteiger partial charge on any atom is 0.277 e. The van der Waals surface area contributed by atoms with Crippen LogP contribution in [0.15, 0.2) is 41.5 Å². The molecule has 11 nitrogen and oxygen atoms in total. The van der Waals surface area contributed by atoms with Gasteiger partial charge in [0, 0.05) is 12.1 Å². The van der Waals surface area contributed by atoms with Gasteiger partial charge in [0.25, 0.3) is 17.3 Å². The van der Waals surface area contributed by atoms with Gasteiger partial charge in [-0.3, -0.25) is 25.0 Å². The number of aromatic hydroxyl groups is 1. The SMILES string of the molecule is CCOc1cc(/C=N/NC(=O)c2cc([N+](=O)[O-])cc([N+](=O)[O-])c2)ccc1O. The number of nitro groups is 2. The highest BCUT2D eigenvalue weighted by atomic mass is 16.6. The molecule has 0 radical (unpaired) electrons. The van der Waals surface area contributed by atoms with Crippen molar-refractivity contribution in [2.75, 3.05) is 6.61 Å². The maximum absolute atomic E-state index is 12.1. The average Bonchev–Trinajstić information content (AvgIpc) is 2.63. The van der Waals surface area contributed by atoms with Crippen molar-refractivity contribution in [1.29, 1.82) is 0 Å². The standard InChI is InChI=1S/C16H14N4O7/c1-2-27-15-5-10(3-4-14(15)21)9-17-18-16(22)11-6-12(19(23)24)8-13(7-11)20(25)26/h3-9,21H,2H2,1H3,(H,18,22)/b17-9+. The van der Waals surface area contributed by atoms with Crippen LogP contribution < -0.4 is 10.2 Å². The number of benzene rings is 2. The first-order valence-corrected chi connectivity index (χ1v) is 7.55. The number of amides is 1. The second kappa shape index (κ2) is 8.38. The van der Waals surface area contributed by atoms with E-state index in [0.717, 1.165) is 18.2 Å². The molecule has 0 saturated heterocycles. The van der Waals surface area contributed by atoms with Crippen molar-refractivity contribution in [3.8, 4) is 11.5 Å². The van der Waals surface area contributed by atoms with Crippen molar-refractivity contribution in [2.45, 2.75) is 6.92 Å². The lowest BCUT2D eigenvalue weighted by Gasteiger charge is -2.06. The first kappa shape index (κ1) is 19.3. The largest absolute Gasteiger partial charge is 0.504 e. The van der Waals surface area contributed by atoms with Gasteiger partial charge in [-0.15, -0.1) is 0 Å². The van der Waals surface area contributed by atoms with E-state index >= 15 is 0 Å². The molecule has 0 heterocycles. The Morgan fingerprint density at radius 2 is 1.81 bits per heavy atom. The number of rotatable bonds is 7. The van der Waals surface area contributed by atoms with Gasteiger partial charge in [0.05, 0.1) is 34.3 Å². The second-order valence-corrected chi connectivity index (χ2v) is 5.11. The van der Waals surface area contributed by atoms with Crippen molar-refractivity contribution in [2.24, 2.45) is 5.10 Å². The molecule has 0 unspecified atom stereocenters. The third-order valence-corrected chi connectivity index (χ3v) is 3.25. The Morgan fingerprint density at radius 1 is 1.19 bits per heavy atom. The van der Waals surface area contributed by atoms with Gasteiger partial charge in [-0.05, 0) is 30.7 Å². The molecule has 2 aromatic rings. The first-order chi connectivity index (χ1) is 12.8. The molecule has 140 valence electrons. The van der Waals surface area contributed by atoms with E-state index in [4.69, 9.17) is 4.74 Å². The van der Waals surface area contributed by atoms with Gasteiger partial charge in [0.15, 0.2) is 11.5 Å². The Labute approximate surface area is 152 Å². The highest BCUT2D eigenvalue weighted by Crippen LogP contribution is 2.26. The van der Waals surface area contributed by atoms with Crippen LogP contribution in [0.5, 0.6) is 11.5 Å². The number of hydrazone groups is 1. The zero-order valence-corrected chi connectivity index (χ0v) is 14.0. The number of hydrogen-bond acceptors (Lipinski definition) is 8. The van der Waals surface area contributed by atoms with Crippen molar-refractivity contribution in [1.82, 2.24) is 5.43 Å². The van der Waals surface area contributed by atoms with Gasteiger partial charge in [0.1, 0.15) is 0 Å². The smallest absolute Gasteiger partial charge is 0.277 e. The van der Waals surface area contributed by atoms with Crippen LogP contribution in [0.1, 0.15) is 22.8 Å². The molecule has 2 N–H and O–H groups in total. The number of hydrogen-bond donors (Lipinski definition) is 2. The summed E-state index contributed by atoms with van der Waals surface area (Å²) in [6, 6.07) is 6.97. The fourth-order valence-corrected chi connectivity index (χ4v) is 2.05. The molecule has 0 bridgehead atoms. The molecule has 0 aliphatic rings. The first-order valence-electron chi connectivity index (χ1n) is 7.55. The number of nitro benzene ring substituents is 2. The van der Waals surface area contributed by atoms with Gasteiger partial charge < -0.3 is 9.84 Å². The minimum absolute atomic E-state index is 0.0538. The number of nitrogens with zero attached hydrogens (tertiary/aromatic N) is 3. The van der Waals surface area contributed by atoms with Crippen LogP contribution in [0.4, 0.5) is 11.4 Å². The molecule has 0 aliphatic heterocycles. The third-order valence-electron chi connectivity index (χ3n) is 3.25. The quantitative estimate of drug-likeness (QED) is 0.428. The van der Waals surface area contributed by atoms with E-state index in [-0.39, 0.29) is 17.1 Å². The molecule has 1 amide bonds. The van der Waals surface area contributed by atoms with E-state index in [9.17, 15) is 30.1 Å². The van der Waals surface area contributed by atoms with E-state index in [1.54, 1.807) is 6.92 Å². The fourth-order valence-electron chi connectivity index (χ4n) is 2.05. The minimum Gasteiger partial charge on any atom is -0.504 e. The van der Waals surface area contributed by atoms with Gasteiger partial charge in [-0.25, -0.2) is 5.43 Å². The Bertz CT molecular complexity index is 895. The van der Waals surface area contributed by atoms with Crippen LogP contribution >= 0.6 is 0 Å². The third kappa shape index (κ3) is 4.98. The monoisotopic (exact) mass is 374 g/mol. The molecule has 0 atom stereocenters. The van der Waals surface area contributed by atoms with Gasteiger partial charge in [0.2, 0.25) is 0 Å². The molecule has 0 aliphatic carbocycles. The molecule has 2 aromatic carbocycles. The van der Waals surface area contributed by atoms with Crippen molar-refractivity contribution < 1.29 is 24.5 Å². The molecule has 0 saturated carbocycles. The summed E-state index contributed by atoms with van der Waals surface area (Å²) in [6.45, 7) is 2.09. The lowest BCUT2D eigenvalue weighted by atomic mass is 10.1. The number of phenolic OH excluding ortho intramolecular Hbond substituents is 1. The number of ether oxygens (including phenoxy) is 1. The second-order valence-electron chi connectivity index (χ2n) is 5.11. The molecule has 11 heteroatoms. The van der Waals surface area contributed by atoms with E-state index < -0.39 is 27.1 Å². The molecule has 2 rings (SSSR count). The Balaban J connectivity index is 2.18. The van der Waals surface area contributed by atoms with E-state index in [1.807, 2.05) is 0 Å². The van der Waals surface area contributed by atoms with Crippen LogP contribution in [0.3, 0.4) is 0 Å². The summed E-state index contributed by atoms with van der Waals surface area (Å²) >= 11 is 0. The highest BCUT2D eigenvalue weighted by molar-refractivity contribution is 5.96. The summed E-state index contributed by atoms with van der Waals surface area (Å²) in [7, 11) is 0. The van der Waals surface area contributed by atoms with E-state index in [2.05, 4.69) is 10.5 Å². The number of carbonyl (C=O) groups is 1. The number of nitrogens with one attached hydrogen (secondary N) is 1. The zero-order valence-electron chi connectivity index (χ0n) is 14.0.